The van der Waals surface area contributed by atoms with Crippen LogP contribution in [0.25, 0.3) is 0 Å². The SMILES string of the molecule is CCCCCC=CC1C(C(=O)Cl)C1(C)C. The van der Waals surface area contributed by atoms with Gasteiger partial charge in [0.2, 0.25) is 5.24 Å². The highest BCUT2D eigenvalue weighted by atomic mass is 35.5. The van der Waals surface area contributed by atoms with E-state index in [1.807, 2.05) is 0 Å². The van der Waals surface area contributed by atoms with Crippen molar-refractivity contribution in [1.82, 2.24) is 0 Å². The van der Waals surface area contributed by atoms with Crippen molar-refractivity contribution < 1.29 is 4.79 Å². The molecule has 1 aliphatic rings. The Morgan fingerprint density at radius 2 is 2.07 bits per heavy atom. The van der Waals surface area contributed by atoms with E-state index in [1.165, 1.54) is 19.3 Å². The molecular formula is C13H21ClO. The van der Waals surface area contributed by atoms with Gasteiger partial charge in [0.25, 0.3) is 0 Å². The summed E-state index contributed by atoms with van der Waals surface area (Å²) in [5.41, 5.74) is 0.0834. The number of hydrogen-bond acceptors (Lipinski definition) is 1. The third kappa shape index (κ3) is 3.07. The zero-order valence-electron chi connectivity index (χ0n) is 9.92. The molecule has 2 unspecified atom stereocenters. The van der Waals surface area contributed by atoms with Crippen molar-refractivity contribution in [1.29, 1.82) is 0 Å². The fourth-order valence-electron chi connectivity index (χ4n) is 2.23. The lowest BCUT2D eigenvalue weighted by atomic mass is 10.1. The number of unbranched alkanes of at least 4 members (excludes halogenated alkanes) is 3. The summed E-state index contributed by atoms with van der Waals surface area (Å²) in [4.78, 5) is 11.1. The van der Waals surface area contributed by atoms with E-state index in [2.05, 4.69) is 32.9 Å². The van der Waals surface area contributed by atoms with Gasteiger partial charge < -0.3 is 0 Å². The third-order valence-corrected chi connectivity index (χ3v) is 3.71. The van der Waals surface area contributed by atoms with Crippen molar-refractivity contribution in [2.45, 2.75) is 46.5 Å². The molecule has 0 spiro atoms. The predicted octanol–water partition coefficient (Wildman–Crippen LogP) is 4.16. The van der Waals surface area contributed by atoms with E-state index < -0.39 is 0 Å². The van der Waals surface area contributed by atoms with Gasteiger partial charge in [-0.2, -0.15) is 0 Å². The van der Waals surface area contributed by atoms with Crippen molar-refractivity contribution in [2.24, 2.45) is 17.3 Å². The van der Waals surface area contributed by atoms with Crippen LogP contribution in [0.1, 0.15) is 46.5 Å². The molecule has 1 rings (SSSR count). The second kappa shape index (κ2) is 5.16. The maximum Gasteiger partial charge on any atom is 0.225 e. The maximum atomic E-state index is 11.1. The Labute approximate surface area is 97.9 Å². The Morgan fingerprint density at radius 1 is 1.40 bits per heavy atom. The molecule has 86 valence electrons. The standard InChI is InChI=1S/C13H21ClO/c1-4-5-6-7-8-9-10-11(12(14)15)13(10,2)3/h8-11H,4-7H2,1-3H3. The Kier molecular flexibility index (Phi) is 4.39. The molecule has 1 aliphatic carbocycles. The first-order chi connectivity index (χ1) is 7.01. The quantitative estimate of drug-likeness (QED) is 0.379. The first-order valence-corrected chi connectivity index (χ1v) is 6.25. The summed E-state index contributed by atoms with van der Waals surface area (Å²) in [5, 5.41) is -0.178. The minimum absolute atomic E-state index is 0.0431. The van der Waals surface area contributed by atoms with E-state index >= 15 is 0 Å². The Bertz CT molecular complexity index is 255. The molecular weight excluding hydrogens is 208 g/mol. The zero-order chi connectivity index (χ0) is 11.5. The summed E-state index contributed by atoms with van der Waals surface area (Å²) < 4.78 is 0. The molecule has 1 saturated carbocycles. The van der Waals surface area contributed by atoms with Crippen LogP contribution in [0.3, 0.4) is 0 Å². The van der Waals surface area contributed by atoms with Crippen LogP contribution >= 0.6 is 11.6 Å². The van der Waals surface area contributed by atoms with Crippen molar-refractivity contribution >= 4 is 16.8 Å². The number of rotatable bonds is 6. The van der Waals surface area contributed by atoms with Gasteiger partial charge in [0.15, 0.2) is 0 Å². The maximum absolute atomic E-state index is 11.1. The highest BCUT2D eigenvalue weighted by molar-refractivity contribution is 6.64. The summed E-state index contributed by atoms with van der Waals surface area (Å²) in [7, 11) is 0. The number of hydrogen-bond donors (Lipinski definition) is 0. The zero-order valence-corrected chi connectivity index (χ0v) is 10.7. The monoisotopic (exact) mass is 228 g/mol. The molecule has 2 heteroatoms. The van der Waals surface area contributed by atoms with E-state index in [0.29, 0.717) is 5.92 Å². The highest BCUT2D eigenvalue weighted by Gasteiger charge is 2.59. The summed E-state index contributed by atoms with van der Waals surface area (Å²) in [6.45, 7) is 6.42. The largest absolute Gasteiger partial charge is 0.281 e. The number of carbonyl (C=O) groups is 1. The summed E-state index contributed by atoms with van der Waals surface area (Å²) in [6, 6.07) is 0. The molecule has 15 heavy (non-hydrogen) atoms. The van der Waals surface area contributed by atoms with Gasteiger partial charge in [-0.1, -0.05) is 45.8 Å². The first-order valence-electron chi connectivity index (χ1n) is 5.87. The molecule has 0 N–H and O–H groups in total. The fourth-order valence-corrected chi connectivity index (χ4v) is 2.64. The third-order valence-electron chi connectivity index (χ3n) is 3.47. The van der Waals surface area contributed by atoms with Crippen molar-refractivity contribution in [3.05, 3.63) is 12.2 Å². The lowest BCUT2D eigenvalue weighted by molar-refractivity contribution is -0.113. The molecule has 1 nitrogen and oxygen atoms in total. The molecule has 0 saturated heterocycles. The number of halogens is 1. The van der Waals surface area contributed by atoms with E-state index in [1.54, 1.807) is 0 Å². The molecule has 0 bridgehead atoms. The van der Waals surface area contributed by atoms with Gasteiger partial charge in [-0.25, -0.2) is 0 Å². The molecule has 0 radical (unpaired) electrons. The van der Waals surface area contributed by atoms with Crippen LogP contribution in [0.15, 0.2) is 12.2 Å². The van der Waals surface area contributed by atoms with Crippen LogP contribution in [-0.4, -0.2) is 5.24 Å². The van der Waals surface area contributed by atoms with Gasteiger partial charge in [-0.05, 0) is 35.8 Å². The molecule has 0 aromatic rings. The molecule has 1 fully saturated rings. The van der Waals surface area contributed by atoms with Gasteiger partial charge in [-0.15, -0.1) is 0 Å². The van der Waals surface area contributed by atoms with Gasteiger partial charge in [0.1, 0.15) is 0 Å². The highest BCUT2D eigenvalue weighted by Crippen LogP contribution is 2.59. The minimum Gasteiger partial charge on any atom is -0.281 e. The van der Waals surface area contributed by atoms with E-state index in [-0.39, 0.29) is 16.6 Å². The molecule has 0 aromatic carbocycles. The smallest absolute Gasteiger partial charge is 0.225 e. The minimum atomic E-state index is -0.178. The second-order valence-electron chi connectivity index (χ2n) is 5.05. The lowest BCUT2D eigenvalue weighted by Gasteiger charge is -1.96. The van der Waals surface area contributed by atoms with Gasteiger partial charge in [-0.3, -0.25) is 4.79 Å². The van der Waals surface area contributed by atoms with Gasteiger partial charge >= 0.3 is 0 Å². The molecule has 0 heterocycles. The van der Waals surface area contributed by atoms with Crippen LogP contribution in [0.5, 0.6) is 0 Å². The van der Waals surface area contributed by atoms with Crippen molar-refractivity contribution in [3.63, 3.8) is 0 Å². The van der Waals surface area contributed by atoms with Crippen molar-refractivity contribution in [3.8, 4) is 0 Å². The Hall–Kier alpha value is -0.300. The molecule has 0 aromatic heterocycles. The van der Waals surface area contributed by atoms with Crippen LogP contribution in [0, 0.1) is 17.3 Å². The van der Waals surface area contributed by atoms with E-state index in [4.69, 9.17) is 11.6 Å². The summed E-state index contributed by atoms with van der Waals surface area (Å²) in [6.07, 6.45) is 9.31. The average molecular weight is 229 g/mol. The average Bonchev–Trinajstić information content (AvgIpc) is 2.68. The van der Waals surface area contributed by atoms with Crippen LogP contribution in [0.2, 0.25) is 0 Å². The van der Waals surface area contributed by atoms with Crippen LogP contribution in [-0.2, 0) is 4.79 Å². The lowest BCUT2D eigenvalue weighted by Crippen LogP contribution is -1.96. The molecule has 2 atom stereocenters. The predicted molar refractivity (Wildman–Crippen MR) is 64.9 cm³/mol. The van der Waals surface area contributed by atoms with Gasteiger partial charge in [0, 0.05) is 5.92 Å². The number of allylic oxidation sites excluding steroid dienone is 2. The van der Waals surface area contributed by atoms with Crippen LogP contribution < -0.4 is 0 Å². The fraction of sp³-hybridized carbons (Fsp3) is 0.769. The second-order valence-corrected chi connectivity index (χ2v) is 5.43. The Balaban J connectivity index is 2.31. The summed E-state index contributed by atoms with van der Waals surface area (Å²) in [5.74, 6) is 0.408. The first kappa shape index (κ1) is 12.8. The van der Waals surface area contributed by atoms with E-state index in [9.17, 15) is 4.79 Å². The van der Waals surface area contributed by atoms with Crippen LogP contribution in [0.4, 0.5) is 0 Å². The molecule has 0 aliphatic heterocycles. The Morgan fingerprint density at radius 3 is 2.53 bits per heavy atom. The van der Waals surface area contributed by atoms with Gasteiger partial charge in [0.05, 0.1) is 0 Å². The van der Waals surface area contributed by atoms with E-state index in [0.717, 1.165) is 6.42 Å². The molecule has 0 amide bonds. The topological polar surface area (TPSA) is 17.1 Å². The summed E-state index contributed by atoms with van der Waals surface area (Å²) >= 11 is 5.54. The number of carbonyl (C=O) groups excluding carboxylic acids is 1. The van der Waals surface area contributed by atoms with Crippen molar-refractivity contribution in [2.75, 3.05) is 0 Å². The normalized spacial score (nSPS) is 28.3.